The minimum absolute atomic E-state index is 0.0924. The van der Waals surface area contributed by atoms with Gasteiger partial charge in [0, 0.05) is 0 Å². The molecular formula is C12H16O. The molecular weight excluding hydrogens is 160 g/mol. The summed E-state index contributed by atoms with van der Waals surface area (Å²) < 4.78 is 0. The molecule has 1 saturated carbocycles. The number of aliphatic hydroxyl groups is 1. The van der Waals surface area contributed by atoms with Crippen molar-refractivity contribution in [1.29, 1.82) is 0 Å². The molecule has 3 unspecified atom stereocenters. The van der Waals surface area contributed by atoms with E-state index in [9.17, 15) is 5.11 Å². The predicted molar refractivity (Wildman–Crippen MR) is 53.6 cm³/mol. The summed E-state index contributed by atoms with van der Waals surface area (Å²) in [5, 5.41) is 9.63. The molecule has 0 aromatic heterocycles. The molecule has 3 atom stereocenters. The van der Waals surface area contributed by atoms with Crippen molar-refractivity contribution in [3.05, 3.63) is 35.9 Å². The SMILES string of the molecule is CC1C(O)CCC1c1ccccc1. The van der Waals surface area contributed by atoms with Gasteiger partial charge < -0.3 is 5.11 Å². The van der Waals surface area contributed by atoms with Crippen LogP contribution in [0.5, 0.6) is 0 Å². The van der Waals surface area contributed by atoms with Gasteiger partial charge >= 0.3 is 0 Å². The molecule has 0 radical (unpaired) electrons. The van der Waals surface area contributed by atoms with Crippen LogP contribution >= 0.6 is 0 Å². The summed E-state index contributed by atoms with van der Waals surface area (Å²) in [5.74, 6) is 0.985. The Bertz CT molecular complexity index is 268. The molecule has 0 amide bonds. The third kappa shape index (κ3) is 1.61. The van der Waals surface area contributed by atoms with Crippen LogP contribution in [0.3, 0.4) is 0 Å². The van der Waals surface area contributed by atoms with E-state index in [0.717, 1.165) is 12.8 Å². The van der Waals surface area contributed by atoms with Gasteiger partial charge in [-0.2, -0.15) is 0 Å². The largest absolute Gasteiger partial charge is 0.393 e. The Kier molecular flexibility index (Phi) is 2.36. The van der Waals surface area contributed by atoms with E-state index in [0.29, 0.717) is 11.8 Å². The summed E-state index contributed by atoms with van der Waals surface area (Å²) in [6.07, 6.45) is 2.00. The molecule has 2 rings (SSSR count). The van der Waals surface area contributed by atoms with Crippen LogP contribution in [0.25, 0.3) is 0 Å². The van der Waals surface area contributed by atoms with Crippen molar-refractivity contribution in [1.82, 2.24) is 0 Å². The van der Waals surface area contributed by atoms with Gasteiger partial charge in [-0.1, -0.05) is 37.3 Å². The fraction of sp³-hybridized carbons (Fsp3) is 0.500. The number of rotatable bonds is 1. The molecule has 1 fully saturated rings. The second-order valence-electron chi connectivity index (χ2n) is 4.02. The molecule has 1 aromatic rings. The molecule has 1 aliphatic rings. The van der Waals surface area contributed by atoms with Gasteiger partial charge in [0.2, 0.25) is 0 Å². The third-order valence-corrected chi connectivity index (χ3v) is 3.24. The van der Waals surface area contributed by atoms with E-state index in [1.165, 1.54) is 5.56 Å². The van der Waals surface area contributed by atoms with Crippen molar-refractivity contribution in [3.63, 3.8) is 0 Å². The second kappa shape index (κ2) is 3.51. The molecule has 1 nitrogen and oxygen atoms in total. The summed E-state index contributed by atoms with van der Waals surface area (Å²) in [6.45, 7) is 2.15. The van der Waals surface area contributed by atoms with Crippen LogP contribution in [0.2, 0.25) is 0 Å². The van der Waals surface area contributed by atoms with Gasteiger partial charge in [0.1, 0.15) is 0 Å². The minimum Gasteiger partial charge on any atom is -0.393 e. The van der Waals surface area contributed by atoms with Crippen molar-refractivity contribution < 1.29 is 5.11 Å². The number of hydrogen-bond acceptors (Lipinski definition) is 1. The van der Waals surface area contributed by atoms with Crippen LogP contribution in [-0.2, 0) is 0 Å². The Morgan fingerprint density at radius 2 is 1.85 bits per heavy atom. The van der Waals surface area contributed by atoms with Gasteiger partial charge in [-0.25, -0.2) is 0 Å². The zero-order chi connectivity index (χ0) is 9.26. The average Bonchev–Trinajstić information content (AvgIpc) is 2.49. The minimum atomic E-state index is -0.0924. The first-order valence-electron chi connectivity index (χ1n) is 5.02. The van der Waals surface area contributed by atoms with Crippen molar-refractivity contribution >= 4 is 0 Å². The molecule has 0 heterocycles. The topological polar surface area (TPSA) is 20.2 Å². The van der Waals surface area contributed by atoms with Crippen molar-refractivity contribution in [2.45, 2.75) is 31.8 Å². The lowest BCUT2D eigenvalue weighted by Crippen LogP contribution is -2.13. The maximum Gasteiger partial charge on any atom is 0.0571 e. The lowest BCUT2D eigenvalue weighted by atomic mass is 9.90. The van der Waals surface area contributed by atoms with Crippen LogP contribution in [0.1, 0.15) is 31.2 Å². The monoisotopic (exact) mass is 176 g/mol. The van der Waals surface area contributed by atoms with Crippen LogP contribution < -0.4 is 0 Å². The first kappa shape index (κ1) is 8.76. The van der Waals surface area contributed by atoms with Crippen LogP contribution in [0.15, 0.2) is 30.3 Å². The smallest absolute Gasteiger partial charge is 0.0571 e. The quantitative estimate of drug-likeness (QED) is 0.697. The number of hydrogen-bond donors (Lipinski definition) is 1. The van der Waals surface area contributed by atoms with Crippen LogP contribution in [0.4, 0.5) is 0 Å². The fourth-order valence-electron chi connectivity index (χ4n) is 2.31. The van der Waals surface area contributed by atoms with Crippen molar-refractivity contribution in [2.24, 2.45) is 5.92 Å². The highest BCUT2D eigenvalue weighted by Crippen LogP contribution is 2.39. The number of aliphatic hydroxyl groups excluding tert-OH is 1. The van der Waals surface area contributed by atoms with E-state index in [1.54, 1.807) is 0 Å². The highest BCUT2D eigenvalue weighted by atomic mass is 16.3. The van der Waals surface area contributed by atoms with E-state index in [1.807, 2.05) is 6.07 Å². The fourth-order valence-corrected chi connectivity index (χ4v) is 2.31. The summed E-state index contributed by atoms with van der Waals surface area (Å²) in [6, 6.07) is 10.5. The van der Waals surface area contributed by atoms with Crippen molar-refractivity contribution in [3.8, 4) is 0 Å². The molecule has 1 N–H and O–H groups in total. The number of benzene rings is 1. The van der Waals surface area contributed by atoms with E-state index in [2.05, 4.69) is 31.2 Å². The summed E-state index contributed by atoms with van der Waals surface area (Å²) >= 11 is 0. The van der Waals surface area contributed by atoms with Gasteiger partial charge in [-0.05, 0) is 30.2 Å². The Morgan fingerprint density at radius 3 is 2.38 bits per heavy atom. The second-order valence-corrected chi connectivity index (χ2v) is 4.02. The maximum atomic E-state index is 9.63. The third-order valence-electron chi connectivity index (χ3n) is 3.24. The van der Waals surface area contributed by atoms with Crippen molar-refractivity contribution in [2.75, 3.05) is 0 Å². The molecule has 70 valence electrons. The summed E-state index contributed by atoms with van der Waals surface area (Å²) in [5.41, 5.74) is 1.38. The van der Waals surface area contributed by atoms with Gasteiger partial charge in [-0.3, -0.25) is 0 Å². The van der Waals surface area contributed by atoms with Gasteiger partial charge in [0.15, 0.2) is 0 Å². The van der Waals surface area contributed by atoms with E-state index < -0.39 is 0 Å². The lowest BCUT2D eigenvalue weighted by Gasteiger charge is -2.17. The molecule has 0 saturated heterocycles. The molecule has 1 aliphatic carbocycles. The maximum absolute atomic E-state index is 9.63. The Balaban J connectivity index is 2.19. The Labute approximate surface area is 79.4 Å². The zero-order valence-corrected chi connectivity index (χ0v) is 7.98. The lowest BCUT2D eigenvalue weighted by molar-refractivity contribution is 0.136. The van der Waals surface area contributed by atoms with E-state index >= 15 is 0 Å². The first-order valence-corrected chi connectivity index (χ1v) is 5.02. The van der Waals surface area contributed by atoms with Gasteiger partial charge in [0.05, 0.1) is 6.10 Å². The molecule has 0 bridgehead atoms. The molecule has 1 aromatic carbocycles. The highest BCUT2D eigenvalue weighted by molar-refractivity contribution is 5.21. The van der Waals surface area contributed by atoms with Crippen LogP contribution in [0, 0.1) is 5.92 Å². The van der Waals surface area contributed by atoms with E-state index in [4.69, 9.17) is 0 Å². The summed E-state index contributed by atoms with van der Waals surface area (Å²) in [4.78, 5) is 0. The average molecular weight is 176 g/mol. The molecule has 0 aliphatic heterocycles. The van der Waals surface area contributed by atoms with Crippen LogP contribution in [-0.4, -0.2) is 11.2 Å². The van der Waals surface area contributed by atoms with Gasteiger partial charge in [-0.15, -0.1) is 0 Å². The standard InChI is InChI=1S/C12H16O/c1-9-11(7-8-12(9)13)10-5-3-2-4-6-10/h2-6,9,11-13H,7-8H2,1H3. The molecule has 0 spiro atoms. The highest BCUT2D eigenvalue weighted by Gasteiger charge is 2.31. The van der Waals surface area contributed by atoms with E-state index in [-0.39, 0.29) is 6.10 Å². The molecule has 13 heavy (non-hydrogen) atoms. The normalized spacial score (nSPS) is 33.5. The zero-order valence-electron chi connectivity index (χ0n) is 7.98. The first-order chi connectivity index (χ1) is 6.29. The Hall–Kier alpha value is -0.820. The molecule has 1 heteroatoms. The predicted octanol–water partition coefficient (Wildman–Crippen LogP) is 2.56. The summed E-state index contributed by atoms with van der Waals surface area (Å²) in [7, 11) is 0. The Morgan fingerprint density at radius 1 is 1.15 bits per heavy atom. The van der Waals surface area contributed by atoms with Gasteiger partial charge in [0.25, 0.3) is 0 Å².